The number of rotatable bonds is 5. The van der Waals surface area contributed by atoms with E-state index in [9.17, 15) is 12.9 Å². The first-order valence-electron chi connectivity index (χ1n) is 6.18. The van der Waals surface area contributed by atoms with E-state index in [1.165, 1.54) is 6.20 Å². The molecule has 0 aliphatic rings. The average molecular weight is 323 g/mol. The Morgan fingerprint density at radius 1 is 1.29 bits per heavy atom. The van der Waals surface area contributed by atoms with Crippen molar-refractivity contribution in [3.8, 4) is 5.75 Å². The number of hydrogen-bond donors (Lipinski definition) is 0. The number of pyridine rings is 1. The van der Waals surface area contributed by atoms with Gasteiger partial charge >= 0.3 is 58.4 Å². The van der Waals surface area contributed by atoms with Crippen molar-refractivity contribution in [1.29, 1.82) is 0 Å². The Bertz CT molecular complexity index is 589. The summed E-state index contributed by atoms with van der Waals surface area (Å²) in [5.74, 6) is 0.0841. The van der Waals surface area contributed by atoms with Crippen LogP contribution in [0.2, 0.25) is 0 Å². The van der Waals surface area contributed by atoms with Gasteiger partial charge in [-0.25, -0.2) is 0 Å². The zero-order valence-corrected chi connectivity index (χ0v) is 15.3. The second-order valence-electron chi connectivity index (χ2n) is 4.70. The van der Waals surface area contributed by atoms with E-state index in [1.807, 2.05) is 13.8 Å². The summed E-state index contributed by atoms with van der Waals surface area (Å²) in [5.41, 5.74) is -0.114. The van der Waals surface area contributed by atoms with Crippen molar-refractivity contribution in [2.45, 2.75) is 26.5 Å². The maximum Gasteiger partial charge on any atom is 1.00 e. The number of aromatic nitrogens is 3. The smallest absolute Gasteiger partial charge is 0.486 e. The molecule has 2 rings (SSSR count). The first kappa shape index (κ1) is 18.7. The number of halogens is 3. The molecule has 108 valence electrons. The van der Waals surface area contributed by atoms with Crippen LogP contribution in [-0.4, -0.2) is 21.7 Å². The summed E-state index contributed by atoms with van der Waals surface area (Å²) in [6.07, 6.45) is 3.85. The fourth-order valence-electron chi connectivity index (χ4n) is 1.59. The first-order chi connectivity index (χ1) is 9.36. The Balaban J connectivity index is 0.00000220. The topological polar surface area (TPSA) is 39.9 Å². The van der Waals surface area contributed by atoms with Gasteiger partial charge in [0, 0.05) is 18.4 Å². The quantitative estimate of drug-likeness (QED) is 0.697. The average Bonchev–Trinajstić information content (AvgIpc) is 2.85. The predicted octanol–water partition coefficient (Wildman–Crippen LogP) is -0.504. The third-order valence-corrected chi connectivity index (χ3v) is 2.69. The minimum Gasteiger partial charge on any atom is -0.486 e. The molecule has 21 heavy (non-hydrogen) atoms. The summed E-state index contributed by atoms with van der Waals surface area (Å²) in [6, 6.07) is 2.94. The number of hydrogen-bond acceptors (Lipinski definition) is 3. The minimum atomic E-state index is -5.06. The van der Waals surface area contributed by atoms with Gasteiger partial charge in [0.1, 0.15) is 12.4 Å². The molecule has 0 aliphatic heterocycles. The van der Waals surface area contributed by atoms with Gasteiger partial charge in [0.05, 0.1) is 11.9 Å². The normalized spacial score (nSPS) is 11.3. The zero-order chi connectivity index (χ0) is 14.8. The van der Waals surface area contributed by atoms with Crippen molar-refractivity contribution in [2.24, 2.45) is 0 Å². The van der Waals surface area contributed by atoms with E-state index in [0.717, 1.165) is 12.3 Å². The van der Waals surface area contributed by atoms with Gasteiger partial charge < -0.3 is 17.7 Å². The molecule has 0 atom stereocenters. The summed E-state index contributed by atoms with van der Waals surface area (Å²) in [5, 5.41) is 4.25. The molecule has 0 spiro atoms. The Labute approximate surface area is 163 Å². The minimum absolute atomic E-state index is 0. The molecule has 0 N–H and O–H groups in total. The van der Waals surface area contributed by atoms with Gasteiger partial charge in [-0.15, -0.1) is 0 Å². The molecule has 0 amide bonds. The van der Waals surface area contributed by atoms with E-state index in [4.69, 9.17) is 4.74 Å². The van der Waals surface area contributed by atoms with E-state index < -0.39 is 12.4 Å². The summed E-state index contributed by atoms with van der Waals surface area (Å²) >= 11 is 0. The zero-order valence-electron chi connectivity index (χ0n) is 12.1. The van der Waals surface area contributed by atoms with Gasteiger partial charge in [-0.3, -0.25) is 9.67 Å². The molecular weight excluding hydrogens is 309 g/mol. The Morgan fingerprint density at radius 2 is 2.00 bits per heavy atom. The number of ether oxygens (including phenoxy) is 1. The molecule has 9 heteroatoms. The molecular formula is C12H14BF3KN3O. The van der Waals surface area contributed by atoms with Crippen LogP contribution in [0.5, 0.6) is 5.75 Å². The molecule has 0 saturated carbocycles. The van der Waals surface area contributed by atoms with Crippen molar-refractivity contribution in [2.75, 3.05) is 0 Å². The van der Waals surface area contributed by atoms with Crippen LogP contribution >= 0.6 is 0 Å². The Hall–Kier alpha value is -0.349. The van der Waals surface area contributed by atoms with Crippen LogP contribution in [0.25, 0.3) is 0 Å². The fourth-order valence-corrected chi connectivity index (χ4v) is 1.59. The van der Waals surface area contributed by atoms with E-state index in [1.54, 1.807) is 16.9 Å². The summed E-state index contributed by atoms with van der Waals surface area (Å²) in [7, 11) is 0. The van der Waals surface area contributed by atoms with E-state index in [2.05, 4.69) is 10.1 Å². The SMILES string of the molecule is CC(C)n1ccc(COc2cncc([B-](F)(F)F)c2)n1.[K+]. The Kier molecular flexibility index (Phi) is 6.92. The van der Waals surface area contributed by atoms with E-state index >= 15 is 0 Å². The monoisotopic (exact) mass is 323 g/mol. The molecule has 2 aromatic heterocycles. The first-order valence-corrected chi connectivity index (χ1v) is 6.18. The van der Waals surface area contributed by atoms with Crippen molar-refractivity contribution >= 4 is 12.4 Å². The molecule has 0 fully saturated rings. The molecule has 0 bridgehead atoms. The molecule has 2 aromatic rings. The van der Waals surface area contributed by atoms with Gasteiger partial charge in [0.25, 0.3) is 0 Å². The largest absolute Gasteiger partial charge is 1.00 e. The van der Waals surface area contributed by atoms with Gasteiger partial charge in [-0.1, -0.05) is 5.46 Å². The van der Waals surface area contributed by atoms with Crippen molar-refractivity contribution in [1.82, 2.24) is 14.8 Å². The molecule has 0 radical (unpaired) electrons. The van der Waals surface area contributed by atoms with Crippen molar-refractivity contribution < 1.29 is 69.1 Å². The van der Waals surface area contributed by atoms with Gasteiger partial charge in [-0.2, -0.15) is 5.10 Å². The van der Waals surface area contributed by atoms with Crippen LogP contribution in [0.3, 0.4) is 0 Å². The summed E-state index contributed by atoms with van der Waals surface area (Å²) < 4.78 is 44.8. The molecule has 0 aliphatic carbocycles. The maximum absolute atomic E-state index is 12.6. The van der Waals surface area contributed by atoms with Crippen molar-refractivity contribution in [3.05, 3.63) is 36.4 Å². The number of nitrogens with zero attached hydrogens (tertiary/aromatic N) is 3. The van der Waals surface area contributed by atoms with Crippen LogP contribution in [0.1, 0.15) is 25.6 Å². The van der Waals surface area contributed by atoms with Gasteiger partial charge in [-0.05, 0) is 26.0 Å². The molecule has 4 nitrogen and oxygen atoms in total. The standard InChI is InChI=1S/C12H14BF3N3O.K/c1-9(2)19-4-3-11(18-19)8-20-12-5-10(6-17-7-12)13(14,15)16;/h3-7,9H,8H2,1-2H3;/q-1;+1. The fraction of sp³-hybridized carbons (Fsp3) is 0.333. The summed E-state index contributed by atoms with van der Waals surface area (Å²) in [4.78, 5) is 3.54. The molecule has 0 unspecified atom stereocenters. The van der Waals surface area contributed by atoms with Gasteiger partial charge in [0.15, 0.2) is 0 Å². The maximum atomic E-state index is 12.6. The second-order valence-corrected chi connectivity index (χ2v) is 4.70. The third kappa shape index (κ3) is 5.41. The summed E-state index contributed by atoms with van der Waals surface area (Å²) in [6.45, 7) is -0.992. The van der Waals surface area contributed by atoms with E-state index in [0.29, 0.717) is 5.69 Å². The molecule has 2 heterocycles. The molecule has 0 aromatic carbocycles. The van der Waals surface area contributed by atoms with Crippen molar-refractivity contribution in [3.63, 3.8) is 0 Å². The van der Waals surface area contributed by atoms with Gasteiger partial charge in [0.2, 0.25) is 0 Å². The molecule has 0 saturated heterocycles. The van der Waals surface area contributed by atoms with Crippen LogP contribution in [0.4, 0.5) is 12.9 Å². The Morgan fingerprint density at radius 3 is 2.57 bits per heavy atom. The van der Waals surface area contributed by atoms with Crippen LogP contribution in [0.15, 0.2) is 30.7 Å². The second kappa shape index (κ2) is 7.78. The van der Waals surface area contributed by atoms with Crippen LogP contribution in [-0.2, 0) is 6.61 Å². The van der Waals surface area contributed by atoms with Crippen LogP contribution < -0.4 is 61.6 Å². The van der Waals surface area contributed by atoms with E-state index in [-0.39, 0.29) is 69.8 Å². The third-order valence-electron chi connectivity index (χ3n) is 2.69. The van der Waals surface area contributed by atoms with Crippen LogP contribution in [0, 0.1) is 0 Å². The predicted molar refractivity (Wildman–Crippen MR) is 69.9 cm³/mol.